The largest absolute Gasteiger partial charge is 0.493 e. The highest BCUT2D eigenvalue weighted by molar-refractivity contribution is 5.88. The number of carbonyl (C=O) groups is 2. The molecule has 1 heterocycles. The first-order valence-electron chi connectivity index (χ1n) is 8.90. The monoisotopic (exact) mass is 364 g/mol. The Bertz CT molecular complexity index is 623. The number of hydrazine groups is 1. The van der Waals surface area contributed by atoms with Crippen LogP contribution in [-0.2, 0) is 16.1 Å². The first-order valence-corrected chi connectivity index (χ1v) is 8.90. The molecule has 0 aliphatic carbocycles. The molecule has 1 fully saturated rings. The molecule has 1 saturated heterocycles. The zero-order valence-corrected chi connectivity index (χ0v) is 15.4. The van der Waals surface area contributed by atoms with Gasteiger partial charge < -0.3 is 14.8 Å². The topological polar surface area (TPSA) is 106 Å². The summed E-state index contributed by atoms with van der Waals surface area (Å²) in [7, 11) is 1.61. The van der Waals surface area contributed by atoms with E-state index in [1.165, 1.54) is 0 Å². The van der Waals surface area contributed by atoms with E-state index in [1.54, 1.807) is 7.11 Å². The third-order valence-electron chi connectivity index (χ3n) is 4.35. The van der Waals surface area contributed by atoms with Crippen LogP contribution >= 0.6 is 0 Å². The van der Waals surface area contributed by atoms with Crippen LogP contribution in [0.25, 0.3) is 0 Å². The highest BCUT2D eigenvalue weighted by atomic mass is 16.5. The minimum absolute atomic E-state index is 0.0255. The average molecular weight is 364 g/mol. The Labute approximate surface area is 154 Å². The third kappa shape index (κ3) is 5.34. The van der Waals surface area contributed by atoms with E-state index in [9.17, 15) is 9.59 Å². The highest BCUT2D eigenvalue weighted by Gasteiger charge is 2.31. The fourth-order valence-electron chi connectivity index (χ4n) is 2.90. The number of carbonyl (C=O) groups excluding carboxylic acids is 2. The summed E-state index contributed by atoms with van der Waals surface area (Å²) >= 11 is 0. The molecule has 0 saturated carbocycles. The molecule has 0 spiro atoms. The first kappa shape index (κ1) is 20.0. The van der Waals surface area contributed by atoms with Crippen molar-refractivity contribution in [3.63, 3.8) is 0 Å². The van der Waals surface area contributed by atoms with Crippen LogP contribution < -0.4 is 26.1 Å². The summed E-state index contributed by atoms with van der Waals surface area (Å²) < 4.78 is 11.2. The molecular weight excluding hydrogens is 336 g/mol. The molecule has 26 heavy (non-hydrogen) atoms. The highest BCUT2D eigenvalue weighted by Crippen LogP contribution is 2.29. The number of benzene rings is 1. The van der Waals surface area contributed by atoms with Gasteiger partial charge in [-0.1, -0.05) is 19.4 Å². The predicted molar refractivity (Wildman–Crippen MR) is 97.6 cm³/mol. The summed E-state index contributed by atoms with van der Waals surface area (Å²) in [5, 5.41) is 2.79. The standard InChI is InChI=1S/C18H28N4O4/c1-3-4-9-26-15-6-5-13(10-16(15)25-2)12-22-8-7-20-18(24)14(22)11-17(23)21-19/h5-6,10,14H,3-4,7-9,11-12,19H2,1-2H3,(H,20,24)(H,21,23). The summed E-state index contributed by atoms with van der Waals surface area (Å²) in [6.45, 7) is 4.50. The molecule has 2 rings (SSSR count). The maximum Gasteiger partial charge on any atom is 0.237 e. The van der Waals surface area contributed by atoms with E-state index in [-0.39, 0.29) is 18.2 Å². The van der Waals surface area contributed by atoms with Gasteiger partial charge in [0.2, 0.25) is 11.8 Å². The maximum atomic E-state index is 12.2. The van der Waals surface area contributed by atoms with Crippen LogP contribution in [0.4, 0.5) is 0 Å². The van der Waals surface area contributed by atoms with E-state index < -0.39 is 6.04 Å². The second kappa shape index (κ2) is 9.98. The van der Waals surface area contributed by atoms with Crippen molar-refractivity contribution in [2.75, 3.05) is 26.8 Å². The van der Waals surface area contributed by atoms with Crippen molar-refractivity contribution < 1.29 is 19.1 Å². The molecule has 4 N–H and O–H groups in total. The number of amides is 2. The van der Waals surface area contributed by atoms with Crippen molar-refractivity contribution in [3.8, 4) is 11.5 Å². The Hall–Kier alpha value is -2.32. The summed E-state index contributed by atoms with van der Waals surface area (Å²) in [4.78, 5) is 25.7. The Balaban J connectivity index is 2.09. The van der Waals surface area contributed by atoms with E-state index in [0.29, 0.717) is 37.7 Å². The number of hydrogen-bond donors (Lipinski definition) is 3. The zero-order chi connectivity index (χ0) is 18.9. The van der Waals surface area contributed by atoms with Crippen LogP contribution in [0.2, 0.25) is 0 Å². The first-order chi connectivity index (χ1) is 12.6. The van der Waals surface area contributed by atoms with E-state index in [1.807, 2.05) is 23.1 Å². The van der Waals surface area contributed by atoms with Gasteiger partial charge in [0.1, 0.15) is 0 Å². The molecule has 8 nitrogen and oxygen atoms in total. The van der Waals surface area contributed by atoms with Gasteiger partial charge in [-0.3, -0.25) is 19.9 Å². The minimum Gasteiger partial charge on any atom is -0.493 e. The molecule has 1 aliphatic heterocycles. The van der Waals surface area contributed by atoms with Crippen molar-refractivity contribution in [3.05, 3.63) is 23.8 Å². The Morgan fingerprint density at radius 2 is 2.23 bits per heavy atom. The molecule has 2 amide bonds. The number of nitrogens with zero attached hydrogens (tertiary/aromatic N) is 1. The maximum absolute atomic E-state index is 12.2. The number of piperazine rings is 1. The van der Waals surface area contributed by atoms with Crippen molar-refractivity contribution >= 4 is 11.8 Å². The van der Waals surface area contributed by atoms with Crippen molar-refractivity contribution in [1.82, 2.24) is 15.6 Å². The molecule has 0 aromatic heterocycles. The van der Waals surface area contributed by atoms with Crippen LogP contribution in [0, 0.1) is 0 Å². The number of rotatable bonds is 9. The fourth-order valence-corrected chi connectivity index (χ4v) is 2.90. The summed E-state index contributed by atoms with van der Waals surface area (Å²) in [5.41, 5.74) is 3.07. The normalized spacial score (nSPS) is 17.5. The molecule has 144 valence electrons. The molecule has 0 radical (unpaired) electrons. The van der Waals surface area contributed by atoms with Gasteiger partial charge in [-0.2, -0.15) is 0 Å². The summed E-state index contributed by atoms with van der Waals surface area (Å²) in [5.74, 6) is 6.00. The van der Waals surface area contributed by atoms with Crippen LogP contribution in [0.15, 0.2) is 18.2 Å². The number of methoxy groups -OCH3 is 1. The molecular formula is C18H28N4O4. The number of nitrogens with two attached hydrogens (primary N) is 1. The van der Waals surface area contributed by atoms with Crippen LogP contribution in [0.5, 0.6) is 11.5 Å². The van der Waals surface area contributed by atoms with Crippen LogP contribution in [0.3, 0.4) is 0 Å². The quantitative estimate of drug-likeness (QED) is 0.256. The second-order valence-corrected chi connectivity index (χ2v) is 6.24. The van der Waals surface area contributed by atoms with Crippen molar-refractivity contribution in [2.45, 2.75) is 38.8 Å². The lowest BCUT2D eigenvalue weighted by Gasteiger charge is -2.34. The predicted octanol–water partition coefficient (Wildman–Crippen LogP) is 0.555. The molecule has 1 unspecified atom stereocenters. The van der Waals surface area contributed by atoms with Gasteiger partial charge in [0, 0.05) is 19.6 Å². The van der Waals surface area contributed by atoms with Crippen LogP contribution in [-0.4, -0.2) is 49.6 Å². The Morgan fingerprint density at radius 1 is 1.42 bits per heavy atom. The van der Waals surface area contributed by atoms with E-state index in [4.69, 9.17) is 15.3 Å². The number of hydrogen-bond acceptors (Lipinski definition) is 6. The number of ether oxygens (including phenoxy) is 2. The van der Waals surface area contributed by atoms with Gasteiger partial charge in [-0.25, -0.2) is 5.84 Å². The molecule has 1 aromatic carbocycles. The SMILES string of the molecule is CCCCOc1ccc(CN2CCNC(=O)C2CC(=O)NN)cc1OC. The fraction of sp³-hybridized carbons (Fsp3) is 0.556. The smallest absolute Gasteiger partial charge is 0.237 e. The Morgan fingerprint density at radius 3 is 2.92 bits per heavy atom. The zero-order valence-electron chi connectivity index (χ0n) is 15.4. The van der Waals surface area contributed by atoms with Gasteiger partial charge in [-0.05, 0) is 24.1 Å². The van der Waals surface area contributed by atoms with E-state index in [0.717, 1.165) is 18.4 Å². The Kier molecular flexibility index (Phi) is 7.68. The van der Waals surface area contributed by atoms with Crippen molar-refractivity contribution in [1.29, 1.82) is 0 Å². The summed E-state index contributed by atoms with van der Waals surface area (Å²) in [6, 6.07) is 5.21. The minimum atomic E-state index is -0.543. The van der Waals surface area contributed by atoms with Gasteiger partial charge >= 0.3 is 0 Å². The number of nitrogens with one attached hydrogen (secondary N) is 2. The van der Waals surface area contributed by atoms with Gasteiger partial charge in [0.25, 0.3) is 0 Å². The molecule has 8 heteroatoms. The van der Waals surface area contributed by atoms with Gasteiger partial charge in [-0.15, -0.1) is 0 Å². The van der Waals surface area contributed by atoms with Gasteiger partial charge in [0.15, 0.2) is 11.5 Å². The van der Waals surface area contributed by atoms with E-state index >= 15 is 0 Å². The van der Waals surface area contributed by atoms with Crippen LogP contribution in [0.1, 0.15) is 31.7 Å². The summed E-state index contributed by atoms with van der Waals surface area (Å²) in [6.07, 6.45) is 2.07. The number of unbranched alkanes of at least 4 members (excludes halogenated alkanes) is 1. The van der Waals surface area contributed by atoms with Crippen molar-refractivity contribution in [2.24, 2.45) is 5.84 Å². The second-order valence-electron chi connectivity index (χ2n) is 6.24. The lowest BCUT2D eigenvalue weighted by atomic mass is 10.1. The molecule has 0 bridgehead atoms. The van der Waals surface area contributed by atoms with Gasteiger partial charge in [0.05, 0.1) is 26.2 Å². The average Bonchev–Trinajstić information content (AvgIpc) is 2.65. The molecule has 1 atom stereocenters. The lowest BCUT2D eigenvalue weighted by molar-refractivity contribution is -0.134. The van der Waals surface area contributed by atoms with E-state index in [2.05, 4.69) is 17.7 Å². The third-order valence-corrected chi connectivity index (χ3v) is 4.35. The molecule has 1 aliphatic rings. The lowest BCUT2D eigenvalue weighted by Crippen LogP contribution is -2.56. The molecule has 1 aromatic rings.